The maximum atomic E-state index is 13.8. The molecule has 0 atom stereocenters. The van der Waals surface area contributed by atoms with Gasteiger partial charge >= 0.3 is 0 Å². The van der Waals surface area contributed by atoms with Gasteiger partial charge in [0, 0.05) is 37.8 Å². The molecule has 2 aromatic carbocycles. The Morgan fingerprint density at radius 1 is 0.771 bits per heavy atom. The fraction of sp³-hybridized carbons (Fsp3) is 0.400. The van der Waals surface area contributed by atoms with Crippen LogP contribution in [-0.4, -0.2) is 23.8 Å². The molecule has 5 rings (SSSR count). The van der Waals surface area contributed by atoms with Gasteiger partial charge in [0.25, 0.3) is 0 Å². The summed E-state index contributed by atoms with van der Waals surface area (Å²) in [6, 6.07) is 15.0. The summed E-state index contributed by atoms with van der Waals surface area (Å²) < 4.78 is 5.39. The predicted molar refractivity (Wildman–Crippen MR) is 135 cm³/mol. The molecule has 0 radical (unpaired) electrons. The zero-order valence-corrected chi connectivity index (χ0v) is 21.2. The fourth-order valence-corrected chi connectivity index (χ4v) is 6.22. The van der Waals surface area contributed by atoms with Crippen molar-refractivity contribution >= 4 is 17.3 Å². The molecule has 2 aromatic rings. The number of quaternary nitrogens is 1. The van der Waals surface area contributed by atoms with Crippen molar-refractivity contribution in [3.63, 3.8) is 0 Å². The predicted octanol–water partition coefficient (Wildman–Crippen LogP) is 5.00. The number of carbonyl (C=O) groups is 2. The van der Waals surface area contributed by atoms with Gasteiger partial charge in [-0.1, -0.05) is 39.8 Å². The van der Waals surface area contributed by atoms with Crippen LogP contribution in [0.1, 0.15) is 64.9 Å². The maximum Gasteiger partial charge on any atom is 0.165 e. The van der Waals surface area contributed by atoms with Gasteiger partial charge in [0.05, 0.1) is 24.2 Å². The summed E-state index contributed by atoms with van der Waals surface area (Å²) >= 11 is 0. The van der Waals surface area contributed by atoms with Crippen LogP contribution in [-0.2, 0) is 9.59 Å². The van der Waals surface area contributed by atoms with E-state index < -0.39 is 5.92 Å². The molecule has 5 nitrogen and oxygen atoms in total. The molecule has 0 unspecified atom stereocenters. The number of phenols is 1. The zero-order valence-electron chi connectivity index (χ0n) is 21.2. The molecule has 35 heavy (non-hydrogen) atoms. The average molecular weight is 473 g/mol. The minimum atomic E-state index is -0.394. The number of rotatable bonds is 3. The Kier molecular flexibility index (Phi) is 5.52. The Labute approximate surface area is 207 Å². The van der Waals surface area contributed by atoms with E-state index >= 15 is 0 Å². The highest BCUT2D eigenvalue weighted by atomic mass is 16.5. The van der Waals surface area contributed by atoms with Crippen LogP contribution in [0.3, 0.4) is 0 Å². The van der Waals surface area contributed by atoms with Crippen LogP contribution in [0.4, 0.5) is 5.69 Å². The molecule has 5 heteroatoms. The molecule has 0 amide bonds. The maximum absolute atomic E-state index is 13.8. The number of allylic oxidation sites excluding steroid dienone is 4. The molecule has 0 saturated carbocycles. The zero-order chi connectivity index (χ0) is 25.1. The number of nitrogens with one attached hydrogen (secondary N) is 1. The number of phenolic OH excluding ortho intramolecular Hbond substituents is 1. The molecule has 2 aliphatic carbocycles. The summed E-state index contributed by atoms with van der Waals surface area (Å²) in [6.07, 6.45) is 2.46. The minimum absolute atomic E-state index is 0.115. The van der Waals surface area contributed by atoms with Gasteiger partial charge in [-0.05, 0) is 40.7 Å². The van der Waals surface area contributed by atoms with Gasteiger partial charge in [0.2, 0.25) is 0 Å². The molecule has 182 valence electrons. The fourth-order valence-electron chi connectivity index (χ4n) is 6.22. The number of Topliss-reactive ketones (excluding diaryl/α,β-unsaturated/α-hetero) is 2. The topological polar surface area (TPSA) is 68.0 Å². The smallest absolute Gasteiger partial charge is 0.165 e. The molecule has 1 heterocycles. The number of carbonyl (C=O) groups excluding carboxylic acids is 2. The molecular weight excluding hydrogens is 438 g/mol. The highest BCUT2D eigenvalue weighted by molar-refractivity contribution is 6.06. The molecule has 0 bridgehead atoms. The quantitative estimate of drug-likeness (QED) is 0.660. The third-order valence-electron chi connectivity index (χ3n) is 7.63. The van der Waals surface area contributed by atoms with E-state index in [1.807, 2.05) is 36.4 Å². The van der Waals surface area contributed by atoms with Crippen LogP contribution in [0.15, 0.2) is 71.1 Å². The minimum Gasteiger partial charge on any atom is -0.508 e. The average Bonchev–Trinajstić information content (AvgIpc) is 2.77. The van der Waals surface area contributed by atoms with Gasteiger partial charge in [-0.15, -0.1) is 0 Å². The molecule has 2 N–H and O–H groups in total. The molecule has 0 spiro atoms. The van der Waals surface area contributed by atoms with E-state index in [0.717, 1.165) is 57.3 Å². The standard InChI is InChI=1S/C30H33NO4/c1-29(2)14-22-27(24(33)16-29)26(18-6-10-20(32)11-7-18)28-23(15-30(3,4)17-25(28)34)31(22)19-8-12-21(35-5)13-9-19/h6-13,26,32H,14-17H2,1-5H3/p+1. The van der Waals surface area contributed by atoms with Crippen molar-refractivity contribution in [1.29, 1.82) is 0 Å². The first-order valence-corrected chi connectivity index (χ1v) is 12.3. The van der Waals surface area contributed by atoms with Gasteiger partial charge < -0.3 is 9.84 Å². The lowest BCUT2D eigenvalue weighted by molar-refractivity contribution is -0.754. The van der Waals surface area contributed by atoms with Gasteiger partial charge in [0.15, 0.2) is 11.6 Å². The Balaban J connectivity index is 1.80. The normalized spacial score (nSPS) is 25.3. The van der Waals surface area contributed by atoms with E-state index in [1.54, 1.807) is 19.2 Å². The summed E-state index contributed by atoms with van der Waals surface area (Å²) in [5, 5.41) is 9.92. The molecule has 3 aliphatic rings. The van der Waals surface area contributed by atoms with E-state index in [2.05, 4.69) is 27.7 Å². The van der Waals surface area contributed by atoms with Crippen LogP contribution in [0.25, 0.3) is 0 Å². The van der Waals surface area contributed by atoms with Crippen LogP contribution in [0.5, 0.6) is 11.5 Å². The summed E-state index contributed by atoms with van der Waals surface area (Å²) in [7, 11) is 1.65. The molecule has 0 fully saturated rings. The second-order valence-corrected chi connectivity index (χ2v) is 11.8. The monoisotopic (exact) mass is 472 g/mol. The van der Waals surface area contributed by atoms with Crippen LogP contribution in [0.2, 0.25) is 0 Å². The van der Waals surface area contributed by atoms with Crippen molar-refractivity contribution in [2.24, 2.45) is 10.8 Å². The Morgan fingerprint density at radius 2 is 1.26 bits per heavy atom. The van der Waals surface area contributed by atoms with Crippen molar-refractivity contribution in [3.05, 3.63) is 76.6 Å². The largest absolute Gasteiger partial charge is 0.508 e. The number of ketones is 2. The lowest BCUT2D eigenvalue weighted by Crippen LogP contribution is -3.05. The summed E-state index contributed by atoms with van der Waals surface area (Å²) in [5.74, 6) is 0.783. The first-order chi connectivity index (χ1) is 16.5. The van der Waals surface area contributed by atoms with E-state index in [-0.39, 0.29) is 28.1 Å². The molecule has 0 aromatic heterocycles. The Hall–Kier alpha value is -3.18. The molecule has 1 aliphatic heterocycles. The van der Waals surface area contributed by atoms with Crippen LogP contribution >= 0.6 is 0 Å². The number of hydrogen-bond acceptors (Lipinski definition) is 4. The number of aromatic hydroxyl groups is 1. The number of benzene rings is 2. The lowest BCUT2D eigenvalue weighted by atomic mass is 9.63. The third kappa shape index (κ3) is 4.12. The van der Waals surface area contributed by atoms with Gasteiger partial charge in [-0.3, -0.25) is 9.59 Å². The number of methoxy groups -OCH3 is 1. The summed E-state index contributed by atoms with van der Waals surface area (Å²) in [5.41, 5.74) is 5.22. The van der Waals surface area contributed by atoms with Gasteiger partial charge in [-0.2, -0.15) is 0 Å². The summed E-state index contributed by atoms with van der Waals surface area (Å²) in [4.78, 5) is 28.7. The lowest BCUT2D eigenvalue weighted by Gasteiger charge is -2.45. The number of hydrogen-bond donors (Lipinski definition) is 2. The Morgan fingerprint density at radius 3 is 1.71 bits per heavy atom. The SMILES string of the molecule is COc1ccc([NH+]2C3=C(C(=O)CC(C)(C)C3)C(c3ccc(O)cc3)C3=C2CC(C)(C)CC3=O)cc1. The van der Waals surface area contributed by atoms with Crippen molar-refractivity contribution < 1.29 is 24.3 Å². The second-order valence-electron chi connectivity index (χ2n) is 11.8. The molecular formula is C30H34NO4+. The van der Waals surface area contributed by atoms with Crippen LogP contribution in [0, 0.1) is 10.8 Å². The van der Waals surface area contributed by atoms with Crippen molar-refractivity contribution in [2.45, 2.75) is 59.3 Å². The number of ether oxygens (including phenoxy) is 1. The first-order valence-electron chi connectivity index (χ1n) is 12.3. The summed E-state index contributed by atoms with van der Waals surface area (Å²) in [6.45, 7) is 8.59. The van der Waals surface area contributed by atoms with Crippen LogP contribution < -0.4 is 9.64 Å². The van der Waals surface area contributed by atoms with Crippen molar-refractivity contribution in [1.82, 2.24) is 0 Å². The highest BCUT2D eigenvalue weighted by Gasteiger charge is 2.52. The highest BCUT2D eigenvalue weighted by Crippen LogP contribution is 2.50. The van der Waals surface area contributed by atoms with Gasteiger partial charge in [0.1, 0.15) is 28.6 Å². The third-order valence-corrected chi connectivity index (χ3v) is 7.63. The van der Waals surface area contributed by atoms with Crippen molar-refractivity contribution in [2.75, 3.05) is 7.11 Å². The van der Waals surface area contributed by atoms with E-state index in [9.17, 15) is 14.7 Å². The second kappa shape index (κ2) is 8.20. The van der Waals surface area contributed by atoms with E-state index in [1.165, 1.54) is 0 Å². The van der Waals surface area contributed by atoms with Gasteiger partial charge in [-0.25, -0.2) is 4.90 Å². The van der Waals surface area contributed by atoms with Crippen molar-refractivity contribution in [3.8, 4) is 11.5 Å². The van der Waals surface area contributed by atoms with E-state index in [4.69, 9.17) is 4.74 Å². The molecule has 0 saturated heterocycles. The first kappa shape index (κ1) is 23.6. The van der Waals surface area contributed by atoms with E-state index in [0.29, 0.717) is 12.8 Å². The Bertz CT molecular complexity index is 1210.